The van der Waals surface area contributed by atoms with Crippen LogP contribution >= 0.6 is 11.3 Å². The van der Waals surface area contributed by atoms with Crippen molar-refractivity contribution in [1.82, 2.24) is 10.3 Å². The van der Waals surface area contributed by atoms with Crippen LogP contribution in [0.2, 0.25) is 0 Å². The molecule has 21 heavy (non-hydrogen) atoms. The van der Waals surface area contributed by atoms with Crippen LogP contribution in [-0.4, -0.2) is 18.1 Å². The highest BCUT2D eigenvalue weighted by molar-refractivity contribution is 7.09. The fourth-order valence-electron chi connectivity index (χ4n) is 3.44. The van der Waals surface area contributed by atoms with Crippen LogP contribution in [-0.2, 0) is 12.0 Å². The molecule has 110 valence electrons. The molecule has 3 nitrogen and oxygen atoms in total. The molecule has 1 unspecified atom stereocenters. The van der Waals surface area contributed by atoms with E-state index in [2.05, 4.69) is 33.9 Å². The second-order valence-corrected chi connectivity index (χ2v) is 6.93. The first-order valence-electron chi connectivity index (χ1n) is 7.67. The fourth-order valence-corrected chi connectivity index (χ4v) is 4.29. The summed E-state index contributed by atoms with van der Waals surface area (Å²) in [6.45, 7) is 0. The van der Waals surface area contributed by atoms with E-state index >= 15 is 0 Å². The van der Waals surface area contributed by atoms with E-state index in [9.17, 15) is 0 Å². The van der Waals surface area contributed by atoms with Gasteiger partial charge in [0.1, 0.15) is 10.8 Å². The van der Waals surface area contributed by atoms with E-state index in [0.29, 0.717) is 6.04 Å². The Balaban J connectivity index is 1.84. The Hall–Kier alpha value is -1.39. The third kappa shape index (κ3) is 2.27. The largest absolute Gasteiger partial charge is 0.497 e. The molecule has 0 spiro atoms. The summed E-state index contributed by atoms with van der Waals surface area (Å²) in [7, 11) is 1.74. The number of nitrogens with zero attached hydrogens (tertiary/aromatic N) is 1. The monoisotopic (exact) mass is 300 g/mol. The highest BCUT2D eigenvalue weighted by atomic mass is 32.1. The zero-order valence-corrected chi connectivity index (χ0v) is 13.1. The molecule has 0 aliphatic heterocycles. The van der Waals surface area contributed by atoms with E-state index in [4.69, 9.17) is 4.74 Å². The molecule has 1 N–H and O–H groups in total. The molecule has 0 amide bonds. The van der Waals surface area contributed by atoms with Gasteiger partial charge in [0.2, 0.25) is 0 Å². The molecule has 1 saturated carbocycles. The van der Waals surface area contributed by atoms with Crippen molar-refractivity contribution in [2.24, 2.45) is 0 Å². The summed E-state index contributed by atoms with van der Waals surface area (Å²) in [6.07, 6.45) is 7.97. The van der Waals surface area contributed by atoms with E-state index in [0.717, 1.165) is 18.6 Å². The van der Waals surface area contributed by atoms with Gasteiger partial charge in [0.25, 0.3) is 0 Å². The number of aryl methyl sites for hydroxylation is 1. The molecule has 1 fully saturated rings. The number of benzene rings is 1. The van der Waals surface area contributed by atoms with Crippen molar-refractivity contribution in [2.45, 2.75) is 43.7 Å². The van der Waals surface area contributed by atoms with Gasteiger partial charge < -0.3 is 4.74 Å². The molecule has 1 aromatic heterocycles. The van der Waals surface area contributed by atoms with Gasteiger partial charge in [-0.1, -0.05) is 6.07 Å². The topological polar surface area (TPSA) is 34.1 Å². The van der Waals surface area contributed by atoms with E-state index < -0.39 is 0 Å². The smallest absolute Gasteiger partial charge is 0.119 e. The molecular formula is C17H20N2OS. The molecule has 4 rings (SSSR count). The number of thiazole rings is 1. The maximum absolute atomic E-state index is 5.40. The number of fused-ring (bicyclic) bond motifs is 1. The summed E-state index contributed by atoms with van der Waals surface area (Å²) >= 11 is 1.77. The maximum Gasteiger partial charge on any atom is 0.119 e. The lowest BCUT2D eigenvalue weighted by atomic mass is 9.76. The lowest BCUT2D eigenvalue weighted by Crippen LogP contribution is -2.47. The SMILES string of the molecule is COc1ccc2c(c1)CCCC2(NC1CC1)c1nccs1. The predicted octanol–water partition coefficient (Wildman–Crippen LogP) is 3.48. The summed E-state index contributed by atoms with van der Waals surface area (Å²) in [5, 5.41) is 7.21. The first-order chi connectivity index (χ1) is 10.3. The van der Waals surface area contributed by atoms with Crippen molar-refractivity contribution in [3.63, 3.8) is 0 Å². The minimum atomic E-state index is -0.0881. The second kappa shape index (κ2) is 5.11. The molecule has 4 heteroatoms. The number of hydrogen-bond acceptors (Lipinski definition) is 4. The van der Waals surface area contributed by atoms with Crippen LogP contribution in [0, 0.1) is 0 Å². The van der Waals surface area contributed by atoms with Gasteiger partial charge in [-0.2, -0.15) is 0 Å². The summed E-state index contributed by atoms with van der Waals surface area (Å²) in [5.41, 5.74) is 2.72. The summed E-state index contributed by atoms with van der Waals surface area (Å²) in [4.78, 5) is 4.66. The van der Waals surface area contributed by atoms with E-state index in [1.54, 1.807) is 18.4 Å². The first-order valence-corrected chi connectivity index (χ1v) is 8.55. The van der Waals surface area contributed by atoms with Gasteiger partial charge in [0, 0.05) is 17.6 Å². The van der Waals surface area contributed by atoms with Crippen molar-refractivity contribution >= 4 is 11.3 Å². The summed E-state index contributed by atoms with van der Waals surface area (Å²) in [6, 6.07) is 7.18. The third-order valence-corrected chi connectivity index (χ3v) is 5.53. The van der Waals surface area contributed by atoms with E-state index in [-0.39, 0.29) is 5.54 Å². The maximum atomic E-state index is 5.40. The van der Waals surface area contributed by atoms with Gasteiger partial charge in [-0.05, 0) is 55.4 Å². The van der Waals surface area contributed by atoms with Crippen molar-refractivity contribution in [3.8, 4) is 5.75 Å². The Kier molecular flexibility index (Phi) is 3.23. The molecule has 0 bridgehead atoms. The standard InChI is InChI=1S/C17H20N2OS/c1-20-14-6-7-15-12(11-14)3-2-8-17(15,19-13-4-5-13)16-18-9-10-21-16/h6-7,9-11,13,19H,2-5,8H2,1H3. The van der Waals surface area contributed by atoms with Gasteiger partial charge in [-0.3, -0.25) is 5.32 Å². The van der Waals surface area contributed by atoms with Crippen LogP contribution < -0.4 is 10.1 Å². The minimum absolute atomic E-state index is 0.0881. The lowest BCUT2D eigenvalue weighted by molar-refractivity contribution is 0.337. The van der Waals surface area contributed by atoms with E-state index in [1.807, 2.05) is 6.20 Å². The van der Waals surface area contributed by atoms with Crippen LogP contribution in [0.4, 0.5) is 0 Å². The van der Waals surface area contributed by atoms with Crippen LogP contribution in [0.25, 0.3) is 0 Å². The first kappa shape index (κ1) is 13.3. The van der Waals surface area contributed by atoms with Crippen LogP contribution in [0.5, 0.6) is 5.75 Å². The Labute approximate surface area is 129 Å². The van der Waals surface area contributed by atoms with Crippen LogP contribution in [0.15, 0.2) is 29.8 Å². The molecule has 2 aliphatic rings. The molecule has 2 aliphatic carbocycles. The number of methoxy groups -OCH3 is 1. The van der Waals surface area contributed by atoms with Crippen LogP contribution in [0.1, 0.15) is 41.8 Å². The zero-order valence-electron chi connectivity index (χ0n) is 12.3. The molecule has 0 saturated heterocycles. The molecule has 2 aromatic rings. The average Bonchev–Trinajstić information content (AvgIpc) is 3.15. The number of hydrogen-bond donors (Lipinski definition) is 1. The Morgan fingerprint density at radius 3 is 3.00 bits per heavy atom. The number of rotatable bonds is 4. The van der Waals surface area contributed by atoms with Crippen LogP contribution in [0.3, 0.4) is 0 Å². The molecule has 1 atom stereocenters. The molecule has 1 heterocycles. The zero-order chi connectivity index (χ0) is 14.3. The number of nitrogens with one attached hydrogen (secondary N) is 1. The van der Waals surface area contributed by atoms with Gasteiger partial charge in [-0.25, -0.2) is 4.98 Å². The average molecular weight is 300 g/mol. The fraction of sp³-hybridized carbons (Fsp3) is 0.471. The van der Waals surface area contributed by atoms with Crippen molar-refractivity contribution in [1.29, 1.82) is 0 Å². The van der Waals surface area contributed by atoms with Gasteiger partial charge in [0.05, 0.1) is 12.6 Å². The molecule has 0 radical (unpaired) electrons. The predicted molar refractivity (Wildman–Crippen MR) is 85.0 cm³/mol. The Morgan fingerprint density at radius 2 is 2.29 bits per heavy atom. The molecular weight excluding hydrogens is 280 g/mol. The Bertz CT molecular complexity index is 636. The van der Waals surface area contributed by atoms with Gasteiger partial charge >= 0.3 is 0 Å². The minimum Gasteiger partial charge on any atom is -0.497 e. The van der Waals surface area contributed by atoms with Crippen molar-refractivity contribution in [3.05, 3.63) is 45.9 Å². The van der Waals surface area contributed by atoms with Gasteiger partial charge in [0.15, 0.2) is 0 Å². The lowest BCUT2D eigenvalue weighted by Gasteiger charge is -2.39. The number of ether oxygens (including phenoxy) is 1. The Morgan fingerprint density at radius 1 is 1.38 bits per heavy atom. The van der Waals surface area contributed by atoms with Crippen molar-refractivity contribution < 1.29 is 4.74 Å². The summed E-state index contributed by atoms with van der Waals surface area (Å²) < 4.78 is 5.40. The van der Waals surface area contributed by atoms with E-state index in [1.165, 1.54) is 35.4 Å². The molecule has 1 aromatic carbocycles. The number of aromatic nitrogens is 1. The normalized spacial score (nSPS) is 24.6. The quantitative estimate of drug-likeness (QED) is 0.938. The summed E-state index contributed by atoms with van der Waals surface area (Å²) in [5.74, 6) is 0.954. The highest BCUT2D eigenvalue weighted by Crippen LogP contribution is 2.44. The van der Waals surface area contributed by atoms with Gasteiger partial charge in [-0.15, -0.1) is 11.3 Å². The highest BCUT2D eigenvalue weighted by Gasteiger charge is 2.43. The second-order valence-electron chi connectivity index (χ2n) is 6.04. The third-order valence-electron chi connectivity index (χ3n) is 4.60. The van der Waals surface area contributed by atoms with Crippen molar-refractivity contribution in [2.75, 3.05) is 7.11 Å².